The Bertz CT molecular complexity index is 1030. The summed E-state index contributed by atoms with van der Waals surface area (Å²) in [7, 11) is 3.55. The van der Waals surface area contributed by atoms with E-state index in [2.05, 4.69) is 27.6 Å². The lowest BCUT2D eigenvalue weighted by Gasteiger charge is -2.12. The highest BCUT2D eigenvalue weighted by Crippen LogP contribution is 2.28. The van der Waals surface area contributed by atoms with Gasteiger partial charge in [-0.1, -0.05) is 17.8 Å². The number of hydrogen-bond donors (Lipinski definition) is 1. The van der Waals surface area contributed by atoms with Crippen LogP contribution in [0.4, 0.5) is 5.69 Å². The van der Waals surface area contributed by atoms with E-state index in [4.69, 9.17) is 4.74 Å². The number of aryl methyl sites for hydroxylation is 2. The van der Waals surface area contributed by atoms with E-state index in [0.29, 0.717) is 5.16 Å². The van der Waals surface area contributed by atoms with Gasteiger partial charge in [-0.05, 0) is 73.7 Å². The second-order valence-corrected chi connectivity index (χ2v) is 8.49. The highest BCUT2D eigenvalue weighted by Gasteiger charge is 2.20. The number of anilines is 1. The average molecular weight is 409 g/mol. The molecule has 29 heavy (non-hydrogen) atoms. The molecule has 2 aromatic carbocycles. The second-order valence-electron chi connectivity index (χ2n) is 7.18. The number of carbonyl (C=O) groups is 1. The van der Waals surface area contributed by atoms with Gasteiger partial charge in [0.1, 0.15) is 5.75 Å². The fourth-order valence-corrected chi connectivity index (χ4v) is 4.33. The van der Waals surface area contributed by atoms with E-state index in [0.717, 1.165) is 35.7 Å². The standard InChI is InChI=1S/C22H24N4O2S/c1-14(21(27)23-18-10-7-15-5-4-6-17(15)13-18)29-22-25-24-20(26(22)2)16-8-11-19(28-3)12-9-16/h7-14H,4-6H2,1-3H3,(H,23,27)/t14-/m0/s1. The summed E-state index contributed by atoms with van der Waals surface area (Å²) in [5.74, 6) is 1.51. The van der Waals surface area contributed by atoms with Crippen molar-refractivity contribution < 1.29 is 9.53 Å². The van der Waals surface area contributed by atoms with Crippen LogP contribution in [0.3, 0.4) is 0 Å². The summed E-state index contributed by atoms with van der Waals surface area (Å²) in [5.41, 5.74) is 4.55. The molecule has 150 valence electrons. The van der Waals surface area contributed by atoms with Crippen molar-refractivity contribution in [2.75, 3.05) is 12.4 Å². The van der Waals surface area contributed by atoms with Gasteiger partial charge >= 0.3 is 0 Å². The molecule has 0 saturated heterocycles. The number of carbonyl (C=O) groups excluding carboxylic acids is 1. The van der Waals surface area contributed by atoms with Gasteiger partial charge in [0.05, 0.1) is 12.4 Å². The molecule has 1 amide bonds. The quantitative estimate of drug-likeness (QED) is 0.622. The Hall–Kier alpha value is -2.80. The third-order valence-electron chi connectivity index (χ3n) is 5.20. The molecule has 3 aromatic rings. The van der Waals surface area contributed by atoms with E-state index >= 15 is 0 Å². The van der Waals surface area contributed by atoms with Gasteiger partial charge < -0.3 is 14.6 Å². The van der Waals surface area contributed by atoms with Crippen LogP contribution in [0.25, 0.3) is 11.4 Å². The Labute approximate surface area is 174 Å². The van der Waals surface area contributed by atoms with Crippen molar-refractivity contribution in [3.05, 3.63) is 53.6 Å². The minimum absolute atomic E-state index is 0.0399. The van der Waals surface area contributed by atoms with E-state index in [1.54, 1.807) is 7.11 Å². The molecule has 7 heteroatoms. The number of ether oxygens (including phenoxy) is 1. The molecule has 1 aliphatic carbocycles. The van der Waals surface area contributed by atoms with Crippen LogP contribution in [0.2, 0.25) is 0 Å². The van der Waals surface area contributed by atoms with Crippen LogP contribution < -0.4 is 10.1 Å². The maximum Gasteiger partial charge on any atom is 0.237 e. The smallest absolute Gasteiger partial charge is 0.237 e. The maximum atomic E-state index is 12.7. The normalized spacial score (nSPS) is 13.8. The lowest BCUT2D eigenvalue weighted by molar-refractivity contribution is -0.115. The lowest BCUT2D eigenvalue weighted by Crippen LogP contribution is -2.23. The van der Waals surface area contributed by atoms with Gasteiger partial charge in [0, 0.05) is 18.3 Å². The zero-order chi connectivity index (χ0) is 20.4. The van der Waals surface area contributed by atoms with Gasteiger partial charge in [-0.2, -0.15) is 0 Å². The molecular weight excluding hydrogens is 384 g/mol. The molecule has 0 aliphatic heterocycles. The van der Waals surface area contributed by atoms with Gasteiger partial charge in [-0.15, -0.1) is 10.2 Å². The lowest BCUT2D eigenvalue weighted by atomic mass is 10.1. The molecule has 1 aliphatic rings. The van der Waals surface area contributed by atoms with Crippen molar-refractivity contribution >= 4 is 23.4 Å². The minimum Gasteiger partial charge on any atom is -0.497 e. The Kier molecular flexibility index (Phi) is 5.58. The molecule has 6 nitrogen and oxygen atoms in total. The first kappa shape index (κ1) is 19.5. The molecule has 0 unspecified atom stereocenters. The van der Waals surface area contributed by atoms with Crippen LogP contribution in [-0.2, 0) is 24.7 Å². The molecule has 0 spiro atoms. The van der Waals surface area contributed by atoms with Crippen LogP contribution >= 0.6 is 11.8 Å². The highest BCUT2D eigenvalue weighted by atomic mass is 32.2. The topological polar surface area (TPSA) is 69.0 Å². The number of nitrogens with zero attached hydrogens (tertiary/aromatic N) is 3. The molecule has 0 radical (unpaired) electrons. The first-order valence-corrected chi connectivity index (χ1v) is 10.6. The molecule has 1 atom stereocenters. The van der Waals surface area contributed by atoms with Crippen molar-refractivity contribution in [1.82, 2.24) is 14.8 Å². The summed E-state index contributed by atoms with van der Waals surface area (Å²) in [5, 5.41) is 12.0. The number of benzene rings is 2. The second kappa shape index (κ2) is 8.29. The van der Waals surface area contributed by atoms with Crippen LogP contribution in [0.15, 0.2) is 47.6 Å². The van der Waals surface area contributed by atoms with Gasteiger partial charge in [-0.25, -0.2) is 0 Å². The Balaban J connectivity index is 1.43. The summed E-state index contributed by atoms with van der Waals surface area (Å²) in [6.45, 7) is 1.88. The average Bonchev–Trinajstić information content (AvgIpc) is 3.34. The van der Waals surface area contributed by atoms with E-state index in [1.165, 1.54) is 29.3 Å². The highest BCUT2D eigenvalue weighted by molar-refractivity contribution is 8.00. The van der Waals surface area contributed by atoms with Gasteiger partial charge in [-0.3, -0.25) is 4.79 Å². The van der Waals surface area contributed by atoms with Gasteiger partial charge in [0.15, 0.2) is 11.0 Å². The van der Waals surface area contributed by atoms with Gasteiger partial charge in [0.2, 0.25) is 5.91 Å². The summed E-state index contributed by atoms with van der Waals surface area (Å²) in [6.07, 6.45) is 3.43. The largest absolute Gasteiger partial charge is 0.497 e. The summed E-state index contributed by atoms with van der Waals surface area (Å²) in [4.78, 5) is 12.7. The number of aromatic nitrogens is 3. The molecular formula is C22H24N4O2S. The number of nitrogens with one attached hydrogen (secondary N) is 1. The number of fused-ring (bicyclic) bond motifs is 1. The van der Waals surface area contributed by atoms with E-state index < -0.39 is 0 Å². The third kappa shape index (κ3) is 4.15. The molecule has 1 N–H and O–H groups in total. The van der Waals surface area contributed by atoms with Crippen LogP contribution in [-0.4, -0.2) is 33.0 Å². The molecule has 1 heterocycles. The molecule has 4 rings (SSSR count). The maximum absolute atomic E-state index is 12.7. The number of thioether (sulfide) groups is 1. The number of amides is 1. The molecule has 0 saturated carbocycles. The first-order chi connectivity index (χ1) is 14.0. The SMILES string of the molecule is COc1ccc(-c2nnc(S[C@@H](C)C(=O)Nc3ccc4c(c3)CCC4)n2C)cc1. The van der Waals surface area contributed by atoms with Crippen molar-refractivity contribution in [2.24, 2.45) is 7.05 Å². The Morgan fingerprint density at radius 2 is 1.90 bits per heavy atom. The van der Waals surface area contributed by atoms with Crippen molar-refractivity contribution in [2.45, 2.75) is 36.6 Å². The monoisotopic (exact) mass is 408 g/mol. The number of methoxy groups -OCH3 is 1. The molecule has 1 aromatic heterocycles. The van der Waals surface area contributed by atoms with Crippen LogP contribution in [0.1, 0.15) is 24.5 Å². The predicted molar refractivity (Wildman–Crippen MR) is 115 cm³/mol. The molecule has 0 fully saturated rings. The first-order valence-electron chi connectivity index (χ1n) is 9.68. The minimum atomic E-state index is -0.296. The Morgan fingerprint density at radius 1 is 1.14 bits per heavy atom. The van der Waals surface area contributed by atoms with Crippen LogP contribution in [0.5, 0.6) is 5.75 Å². The zero-order valence-electron chi connectivity index (χ0n) is 16.8. The summed E-state index contributed by atoms with van der Waals surface area (Å²) < 4.78 is 7.11. The fraction of sp³-hybridized carbons (Fsp3) is 0.318. The molecule has 0 bridgehead atoms. The van der Waals surface area contributed by atoms with E-state index in [1.807, 2.05) is 48.9 Å². The Morgan fingerprint density at radius 3 is 2.66 bits per heavy atom. The van der Waals surface area contributed by atoms with Gasteiger partial charge in [0.25, 0.3) is 0 Å². The summed E-state index contributed by atoms with van der Waals surface area (Å²) in [6, 6.07) is 13.9. The van der Waals surface area contributed by atoms with E-state index in [-0.39, 0.29) is 11.2 Å². The van der Waals surface area contributed by atoms with Crippen LogP contribution in [0, 0.1) is 0 Å². The van der Waals surface area contributed by atoms with Crippen molar-refractivity contribution in [1.29, 1.82) is 0 Å². The summed E-state index contributed by atoms with van der Waals surface area (Å²) >= 11 is 1.40. The zero-order valence-corrected chi connectivity index (χ0v) is 17.6. The third-order valence-corrected chi connectivity index (χ3v) is 6.33. The fourth-order valence-electron chi connectivity index (χ4n) is 3.51. The van der Waals surface area contributed by atoms with E-state index in [9.17, 15) is 4.79 Å². The van der Waals surface area contributed by atoms with Crippen molar-refractivity contribution in [3.8, 4) is 17.1 Å². The van der Waals surface area contributed by atoms with Crippen molar-refractivity contribution in [3.63, 3.8) is 0 Å². The number of rotatable bonds is 6. The number of hydrogen-bond acceptors (Lipinski definition) is 5. The predicted octanol–water partition coefficient (Wildman–Crippen LogP) is 4.10.